The van der Waals surface area contributed by atoms with Gasteiger partial charge in [-0.1, -0.05) is 11.6 Å². The molecule has 1 aromatic heterocycles. The summed E-state index contributed by atoms with van der Waals surface area (Å²) in [6.45, 7) is 0.372. The lowest BCUT2D eigenvalue weighted by Crippen LogP contribution is -2.02. The van der Waals surface area contributed by atoms with Crippen molar-refractivity contribution < 1.29 is 4.39 Å². The van der Waals surface area contributed by atoms with Crippen molar-refractivity contribution in [2.45, 2.75) is 12.6 Å². The lowest BCUT2D eigenvalue weighted by Gasteiger charge is -2.01. The van der Waals surface area contributed by atoms with Gasteiger partial charge in [0.15, 0.2) is 0 Å². The van der Waals surface area contributed by atoms with E-state index in [2.05, 4.69) is 0 Å². The molecule has 0 radical (unpaired) electrons. The number of hydrogen-bond donors (Lipinski definition) is 1. The average molecular weight is 194 g/mol. The lowest BCUT2D eigenvalue weighted by atomic mass is 10.2. The summed E-state index contributed by atoms with van der Waals surface area (Å²) >= 11 is 6.90. The van der Waals surface area contributed by atoms with E-state index in [0.29, 0.717) is 22.2 Å². The van der Waals surface area contributed by atoms with Gasteiger partial charge in [0, 0.05) is 4.88 Å². The summed E-state index contributed by atoms with van der Waals surface area (Å²) in [5.74, 6) is 0. The second-order valence-electron chi connectivity index (χ2n) is 2.19. The van der Waals surface area contributed by atoms with Crippen LogP contribution in [0.4, 0.5) is 4.39 Å². The van der Waals surface area contributed by atoms with Gasteiger partial charge in [0.2, 0.25) is 0 Å². The van der Waals surface area contributed by atoms with Gasteiger partial charge in [-0.2, -0.15) is 0 Å². The van der Waals surface area contributed by atoms with Crippen molar-refractivity contribution in [1.82, 2.24) is 0 Å². The highest BCUT2D eigenvalue weighted by atomic mass is 35.5. The fourth-order valence-corrected chi connectivity index (χ4v) is 1.86. The Hall–Kier alpha value is -0.120. The third-order valence-corrected chi connectivity index (χ3v) is 2.64. The van der Waals surface area contributed by atoms with Crippen molar-refractivity contribution in [3.63, 3.8) is 0 Å². The number of alkyl halides is 1. The summed E-state index contributed by atoms with van der Waals surface area (Å²) in [5.41, 5.74) is 5.21. The maximum absolute atomic E-state index is 13.0. The quantitative estimate of drug-likeness (QED) is 0.785. The van der Waals surface area contributed by atoms with Crippen LogP contribution in [-0.2, 0) is 0 Å². The van der Waals surface area contributed by atoms with Crippen LogP contribution in [0, 0.1) is 0 Å². The molecule has 0 saturated carbocycles. The summed E-state index contributed by atoms with van der Waals surface area (Å²) in [4.78, 5) is 0.667. The van der Waals surface area contributed by atoms with Crippen LogP contribution >= 0.6 is 22.9 Å². The fraction of sp³-hybridized carbons (Fsp3) is 0.429. The fourth-order valence-electron chi connectivity index (χ4n) is 0.785. The first-order valence-electron chi connectivity index (χ1n) is 3.33. The lowest BCUT2D eigenvalue weighted by molar-refractivity contribution is 0.333. The Kier molecular flexibility index (Phi) is 3.30. The molecular formula is C7H9ClFNS. The van der Waals surface area contributed by atoms with E-state index in [1.807, 2.05) is 0 Å². The second kappa shape index (κ2) is 4.04. The van der Waals surface area contributed by atoms with Gasteiger partial charge in [-0.25, -0.2) is 4.39 Å². The summed E-state index contributed by atoms with van der Waals surface area (Å²) in [6.07, 6.45) is -0.575. The van der Waals surface area contributed by atoms with Gasteiger partial charge in [0.05, 0.1) is 4.34 Å². The van der Waals surface area contributed by atoms with Gasteiger partial charge in [-0.15, -0.1) is 11.3 Å². The number of hydrogen-bond acceptors (Lipinski definition) is 2. The van der Waals surface area contributed by atoms with Gasteiger partial charge >= 0.3 is 0 Å². The van der Waals surface area contributed by atoms with Crippen LogP contribution in [0.2, 0.25) is 4.34 Å². The van der Waals surface area contributed by atoms with Gasteiger partial charge < -0.3 is 5.73 Å². The van der Waals surface area contributed by atoms with Gasteiger partial charge in [0.25, 0.3) is 0 Å². The highest BCUT2D eigenvalue weighted by molar-refractivity contribution is 7.16. The molecule has 0 aliphatic carbocycles. The minimum absolute atomic E-state index is 0.372. The van der Waals surface area contributed by atoms with Crippen molar-refractivity contribution in [2.24, 2.45) is 5.73 Å². The molecule has 1 unspecified atom stereocenters. The van der Waals surface area contributed by atoms with Gasteiger partial charge in [-0.3, -0.25) is 0 Å². The van der Waals surface area contributed by atoms with Crippen LogP contribution in [0.1, 0.15) is 17.5 Å². The smallest absolute Gasteiger partial charge is 0.135 e. The molecule has 0 aliphatic rings. The molecule has 0 spiro atoms. The topological polar surface area (TPSA) is 26.0 Å². The summed E-state index contributed by atoms with van der Waals surface area (Å²) in [7, 11) is 0. The first-order chi connectivity index (χ1) is 5.24. The minimum atomic E-state index is -0.947. The van der Waals surface area contributed by atoms with Gasteiger partial charge in [0.1, 0.15) is 6.17 Å². The maximum Gasteiger partial charge on any atom is 0.135 e. The van der Waals surface area contributed by atoms with E-state index in [0.717, 1.165) is 0 Å². The van der Waals surface area contributed by atoms with Crippen LogP contribution in [0.25, 0.3) is 0 Å². The minimum Gasteiger partial charge on any atom is -0.330 e. The van der Waals surface area contributed by atoms with Gasteiger partial charge in [-0.05, 0) is 25.1 Å². The molecule has 1 atom stereocenters. The van der Waals surface area contributed by atoms with E-state index in [1.165, 1.54) is 11.3 Å². The molecule has 0 amide bonds. The van der Waals surface area contributed by atoms with Crippen LogP contribution in [0.15, 0.2) is 12.1 Å². The maximum atomic E-state index is 13.0. The largest absolute Gasteiger partial charge is 0.330 e. The van der Waals surface area contributed by atoms with Crippen LogP contribution in [0.3, 0.4) is 0 Å². The predicted octanol–water partition coefficient (Wildman–Crippen LogP) is 2.76. The zero-order chi connectivity index (χ0) is 8.27. The molecule has 11 heavy (non-hydrogen) atoms. The number of rotatable bonds is 3. The number of thiophene rings is 1. The van der Waals surface area contributed by atoms with E-state index in [9.17, 15) is 4.39 Å². The monoisotopic (exact) mass is 193 g/mol. The predicted molar refractivity (Wildman–Crippen MR) is 46.8 cm³/mol. The molecule has 4 heteroatoms. The Morgan fingerprint density at radius 3 is 2.82 bits per heavy atom. The highest BCUT2D eigenvalue weighted by Gasteiger charge is 2.10. The molecule has 1 rings (SSSR count). The van der Waals surface area contributed by atoms with Crippen molar-refractivity contribution in [2.75, 3.05) is 6.54 Å². The van der Waals surface area contributed by atoms with E-state index in [4.69, 9.17) is 17.3 Å². The molecular weight excluding hydrogens is 185 g/mol. The van der Waals surface area contributed by atoms with E-state index >= 15 is 0 Å². The molecule has 1 heterocycles. The molecule has 1 aromatic rings. The molecule has 62 valence electrons. The Morgan fingerprint density at radius 2 is 2.36 bits per heavy atom. The van der Waals surface area contributed by atoms with Crippen LogP contribution in [0.5, 0.6) is 0 Å². The third kappa shape index (κ3) is 2.43. The SMILES string of the molecule is NCCC(F)c1ccc(Cl)s1. The van der Waals surface area contributed by atoms with E-state index in [-0.39, 0.29) is 0 Å². The molecule has 0 fully saturated rings. The van der Waals surface area contributed by atoms with Crippen LogP contribution < -0.4 is 5.73 Å². The summed E-state index contributed by atoms with van der Waals surface area (Å²) < 4.78 is 13.6. The normalized spacial score (nSPS) is 13.4. The summed E-state index contributed by atoms with van der Waals surface area (Å²) in [5, 5.41) is 0. The molecule has 0 aliphatic heterocycles. The van der Waals surface area contributed by atoms with Crippen molar-refractivity contribution in [1.29, 1.82) is 0 Å². The molecule has 2 N–H and O–H groups in total. The first-order valence-corrected chi connectivity index (χ1v) is 4.53. The molecule has 0 saturated heterocycles. The Labute approximate surface area is 74.0 Å². The van der Waals surface area contributed by atoms with E-state index in [1.54, 1.807) is 12.1 Å². The summed E-state index contributed by atoms with van der Waals surface area (Å²) in [6, 6.07) is 3.40. The first kappa shape index (κ1) is 8.97. The van der Waals surface area contributed by atoms with Crippen molar-refractivity contribution >= 4 is 22.9 Å². The number of nitrogens with two attached hydrogens (primary N) is 1. The van der Waals surface area contributed by atoms with Crippen molar-refractivity contribution in [3.8, 4) is 0 Å². The highest BCUT2D eigenvalue weighted by Crippen LogP contribution is 2.30. The Morgan fingerprint density at radius 1 is 1.64 bits per heavy atom. The number of halogens is 2. The second-order valence-corrected chi connectivity index (χ2v) is 3.93. The zero-order valence-corrected chi connectivity index (χ0v) is 7.46. The standard InChI is InChI=1S/C7H9ClFNS/c8-7-2-1-6(11-7)5(9)3-4-10/h1-2,5H,3-4,10H2. The molecule has 1 nitrogen and oxygen atoms in total. The third-order valence-electron chi connectivity index (χ3n) is 1.32. The van der Waals surface area contributed by atoms with Crippen LogP contribution in [-0.4, -0.2) is 6.54 Å². The Balaban J connectivity index is 2.60. The van der Waals surface area contributed by atoms with E-state index < -0.39 is 6.17 Å². The van der Waals surface area contributed by atoms with Crippen molar-refractivity contribution in [3.05, 3.63) is 21.3 Å². The Bertz CT molecular complexity index is 226. The molecule has 0 aromatic carbocycles. The molecule has 0 bridgehead atoms. The zero-order valence-electron chi connectivity index (χ0n) is 5.89. The average Bonchev–Trinajstić information content (AvgIpc) is 2.36.